The average Bonchev–Trinajstić information content (AvgIpc) is 2.91. The Bertz CT molecular complexity index is 825. The molecule has 234 valence electrons. The van der Waals surface area contributed by atoms with Gasteiger partial charge in [-0.3, -0.25) is 9.36 Å². The maximum Gasteiger partial charge on any atom is 0.345 e. The molecule has 1 aliphatic heterocycles. The van der Waals surface area contributed by atoms with E-state index in [9.17, 15) is 14.2 Å². The van der Waals surface area contributed by atoms with E-state index in [1.807, 2.05) is 26.8 Å². The lowest BCUT2D eigenvalue weighted by molar-refractivity contribution is -0.264. The molecule has 12 heteroatoms. The van der Waals surface area contributed by atoms with Crippen LogP contribution in [-0.2, 0) is 51.6 Å². The van der Waals surface area contributed by atoms with Crippen LogP contribution in [0, 0.1) is 0 Å². The zero-order valence-electron chi connectivity index (χ0n) is 25.6. The molecule has 1 rings (SSSR count). The minimum Gasteiger partial charge on any atom is -0.465 e. The predicted octanol–water partition coefficient (Wildman–Crippen LogP) is 5.20. The first-order valence-electron chi connectivity index (χ1n) is 14.0. The first kappa shape index (κ1) is 36.9. The summed E-state index contributed by atoms with van der Waals surface area (Å²) in [6.07, 6.45) is 4.86. The van der Waals surface area contributed by atoms with Crippen LogP contribution in [0.3, 0.4) is 0 Å². The number of methoxy groups -OCH3 is 2. The normalized spacial score (nSPS) is 24.4. The van der Waals surface area contributed by atoms with E-state index in [4.69, 9.17) is 37.5 Å². The molecule has 1 saturated heterocycles. The van der Waals surface area contributed by atoms with Gasteiger partial charge in [-0.2, -0.15) is 0 Å². The Morgan fingerprint density at radius 3 is 2.33 bits per heavy atom. The Balaban J connectivity index is 3.12. The molecule has 0 aromatic heterocycles. The molecule has 0 aliphatic carbocycles. The Kier molecular flexibility index (Phi) is 16.9. The summed E-state index contributed by atoms with van der Waals surface area (Å²) < 4.78 is 58.4. The number of carbonyl (C=O) groups excluding carboxylic acids is 2. The van der Waals surface area contributed by atoms with Crippen molar-refractivity contribution in [1.82, 2.24) is 0 Å². The van der Waals surface area contributed by atoms with E-state index in [-0.39, 0.29) is 58.5 Å². The second-order valence-corrected chi connectivity index (χ2v) is 12.4. The van der Waals surface area contributed by atoms with Crippen LogP contribution in [0.15, 0.2) is 11.6 Å². The largest absolute Gasteiger partial charge is 0.465 e. The summed E-state index contributed by atoms with van der Waals surface area (Å²) in [7, 11) is -0.621. The van der Waals surface area contributed by atoms with Crippen molar-refractivity contribution in [3.8, 4) is 0 Å². The molecule has 40 heavy (non-hydrogen) atoms. The van der Waals surface area contributed by atoms with Crippen molar-refractivity contribution in [2.75, 3.05) is 47.6 Å². The smallest absolute Gasteiger partial charge is 0.345 e. The van der Waals surface area contributed by atoms with Gasteiger partial charge in [0.15, 0.2) is 5.66 Å². The summed E-state index contributed by atoms with van der Waals surface area (Å²) in [5.41, 5.74) is -1.56. The first-order chi connectivity index (χ1) is 19.0. The Labute approximate surface area is 240 Å². The molecule has 1 aliphatic rings. The molecule has 0 aromatic rings. The van der Waals surface area contributed by atoms with Gasteiger partial charge in [0, 0.05) is 20.6 Å². The number of rotatable bonds is 21. The van der Waals surface area contributed by atoms with Crippen molar-refractivity contribution in [2.45, 2.75) is 109 Å². The van der Waals surface area contributed by atoms with Gasteiger partial charge in [-0.1, -0.05) is 11.6 Å². The average molecular weight is 595 g/mol. The Morgan fingerprint density at radius 1 is 1.12 bits per heavy atom. The first-order valence-corrected chi connectivity index (χ1v) is 15.7. The second kappa shape index (κ2) is 18.4. The lowest BCUT2D eigenvalue weighted by atomic mass is 9.80. The molecule has 0 spiro atoms. The number of hydrogen-bond acceptors (Lipinski definition) is 11. The van der Waals surface area contributed by atoms with Crippen LogP contribution >= 0.6 is 7.60 Å². The molecule has 0 radical (unpaired) electrons. The number of hydrogen-bond donors (Lipinski definition) is 0. The summed E-state index contributed by atoms with van der Waals surface area (Å²) in [5.74, 6) is -0.610. The van der Waals surface area contributed by atoms with Crippen molar-refractivity contribution >= 4 is 19.9 Å². The van der Waals surface area contributed by atoms with Crippen LogP contribution < -0.4 is 0 Å². The molecule has 0 aromatic carbocycles. The standard InChI is InChI=1S/C28H51O11P/c1-9-34-26(30)23(40(31,37-10-2)38-11-3)14-12-22(4)13-15-24-27(5,35-20-32-7)17-16-25(39-24)28(6,18-19-29)36-21-33-8/h12,19,23-25H,9-11,13-18,20-21H2,1-8H3/b22-12+/t23?,24-,25+,27+,28-/m1/s1. The molecule has 0 amide bonds. The molecule has 5 atom stereocenters. The van der Waals surface area contributed by atoms with Crippen molar-refractivity contribution in [1.29, 1.82) is 0 Å². The van der Waals surface area contributed by atoms with E-state index < -0.39 is 30.4 Å². The van der Waals surface area contributed by atoms with E-state index in [1.165, 1.54) is 7.11 Å². The number of ether oxygens (including phenoxy) is 6. The maximum atomic E-state index is 13.4. The van der Waals surface area contributed by atoms with E-state index in [0.717, 1.165) is 11.9 Å². The van der Waals surface area contributed by atoms with Gasteiger partial charge >= 0.3 is 13.6 Å². The van der Waals surface area contributed by atoms with Gasteiger partial charge in [0.1, 0.15) is 25.5 Å². The highest BCUT2D eigenvalue weighted by molar-refractivity contribution is 7.55. The van der Waals surface area contributed by atoms with Crippen LogP contribution in [0.25, 0.3) is 0 Å². The highest BCUT2D eigenvalue weighted by Crippen LogP contribution is 2.55. The predicted molar refractivity (Wildman–Crippen MR) is 150 cm³/mol. The third-order valence-corrected chi connectivity index (χ3v) is 9.57. The molecule has 0 bridgehead atoms. The molecular formula is C28H51O11P. The van der Waals surface area contributed by atoms with E-state index in [1.54, 1.807) is 27.9 Å². The second-order valence-electron chi connectivity index (χ2n) is 10.2. The topological polar surface area (TPSA) is 125 Å². The van der Waals surface area contributed by atoms with Gasteiger partial charge in [-0.25, -0.2) is 0 Å². The van der Waals surface area contributed by atoms with Gasteiger partial charge < -0.3 is 42.3 Å². The van der Waals surface area contributed by atoms with Gasteiger partial charge in [-0.05, 0) is 73.6 Å². The summed E-state index contributed by atoms with van der Waals surface area (Å²) in [6, 6.07) is 0. The van der Waals surface area contributed by atoms with Crippen LogP contribution in [0.5, 0.6) is 0 Å². The molecule has 11 nitrogen and oxygen atoms in total. The quantitative estimate of drug-likeness (QED) is 0.0573. The SMILES string of the molecule is CCOC(=O)C(C/C=C(\C)CC[C@H]1O[C@H]([C@@](C)(CC=O)OCOC)CC[C@]1(C)OCOC)P(=O)(OCC)OCC. The number of allylic oxidation sites excluding steroid dienone is 2. The number of esters is 1. The maximum absolute atomic E-state index is 13.4. The number of aldehydes is 1. The van der Waals surface area contributed by atoms with Crippen molar-refractivity contribution in [2.24, 2.45) is 0 Å². The minimum atomic E-state index is -3.72. The Morgan fingerprint density at radius 2 is 1.77 bits per heavy atom. The van der Waals surface area contributed by atoms with Crippen LogP contribution in [0.2, 0.25) is 0 Å². The highest BCUT2D eigenvalue weighted by atomic mass is 31.2. The molecule has 0 saturated carbocycles. The molecule has 1 heterocycles. The van der Waals surface area contributed by atoms with Crippen LogP contribution in [0.1, 0.15) is 80.1 Å². The van der Waals surface area contributed by atoms with E-state index in [2.05, 4.69) is 0 Å². The van der Waals surface area contributed by atoms with Crippen molar-refractivity contribution in [3.63, 3.8) is 0 Å². The lowest BCUT2D eigenvalue weighted by Crippen LogP contribution is -2.56. The van der Waals surface area contributed by atoms with Gasteiger partial charge in [0.05, 0.1) is 37.6 Å². The fourth-order valence-corrected chi connectivity index (χ4v) is 6.61. The van der Waals surface area contributed by atoms with E-state index in [0.29, 0.717) is 25.7 Å². The summed E-state index contributed by atoms with van der Waals surface area (Å²) in [5, 5.41) is 0. The van der Waals surface area contributed by atoms with Gasteiger partial charge in [-0.15, -0.1) is 0 Å². The third kappa shape index (κ3) is 10.9. The van der Waals surface area contributed by atoms with Gasteiger partial charge in [0.25, 0.3) is 0 Å². The van der Waals surface area contributed by atoms with E-state index >= 15 is 0 Å². The third-order valence-electron chi connectivity index (χ3n) is 7.14. The zero-order valence-corrected chi connectivity index (χ0v) is 26.5. The monoisotopic (exact) mass is 594 g/mol. The fourth-order valence-electron chi connectivity index (χ4n) is 4.76. The summed E-state index contributed by atoms with van der Waals surface area (Å²) in [4.78, 5) is 24.2. The number of carbonyl (C=O) groups is 2. The van der Waals surface area contributed by atoms with Gasteiger partial charge in [0.2, 0.25) is 0 Å². The summed E-state index contributed by atoms with van der Waals surface area (Å²) in [6.45, 7) is 11.5. The van der Waals surface area contributed by atoms with Crippen molar-refractivity contribution in [3.05, 3.63) is 11.6 Å². The van der Waals surface area contributed by atoms with Crippen molar-refractivity contribution < 1.29 is 51.6 Å². The molecule has 1 unspecified atom stereocenters. The molecular weight excluding hydrogens is 543 g/mol. The zero-order chi connectivity index (χ0) is 30.2. The molecule has 0 N–H and O–H groups in total. The minimum absolute atomic E-state index is 0.0448. The summed E-state index contributed by atoms with van der Waals surface area (Å²) >= 11 is 0. The lowest BCUT2D eigenvalue weighted by Gasteiger charge is -2.48. The van der Waals surface area contributed by atoms with Crippen LogP contribution in [0.4, 0.5) is 0 Å². The Hall–Kier alpha value is -1.17. The van der Waals surface area contributed by atoms with Crippen LogP contribution in [-0.4, -0.2) is 89.0 Å². The molecule has 1 fully saturated rings. The highest BCUT2D eigenvalue weighted by Gasteiger charge is 2.48. The fraction of sp³-hybridized carbons (Fsp3) is 0.857.